The van der Waals surface area contributed by atoms with Crippen LogP contribution in [0.1, 0.15) is 22.3 Å². The van der Waals surface area contributed by atoms with E-state index in [1.165, 1.54) is 98.6 Å². The monoisotopic (exact) mass is 832 g/mol. The number of nitrogens with zero attached hydrogens (tertiary/aromatic N) is 2. The van der Waals surface area contributed by atoms with Gasteiger partial charge in [-0.3, -0.25) is 0 Å². The fraction of sp³-hybridized carbons (Fsp3) is 0.0164. The third-order valence-corrected chi connectivity index (χ3v) is 14.7. The summed E-state index contributed by atoms with van der Waals surface area (Å²) in [5.41, 5.74) is 18.6. The summed E-state index contributed by atoms with van der Waals surface area (Å²) in [6.45, 7) is 0. The van der Waals surface area contributed by atoms with Crippen LogP contribution in [0, 0.1) is 0 Å². The maximum Gasteiger partial charge on any atom is 0.0783 e. The minimum Gasteiger partial charge on any atom is -0.310 e. The number of para-hydroxylation sites is 3. The lowest BCUT2D eigenvalue weighted by Crippen LogP contribution is -2.42. The predicted octanol–water partition coefficient (Wildman–Crippen LogP) is 17.0. The van der Waals surface area contributed by atoms with Gasteiger partial charge in [-0.05, 0) is 116 Å². The Morgan fingerprint density at radius 2 is 0.734 bits per heavy atom. The lowest BCUT2D eigenvalue weighted by atomic mass is 9.60. The first kappa shape index (κ1) is 36.7. The molecule has 0 fully saturated rings. The second-order valence-electron chi connectivity index (χ2n) is 16.8. The van der Waals surface area contributed by atoms with Crippen molar-refractivity contribution in [2.75, 3.05) is 9.80 Å². The van der Waals surface area contributed by atoms with E-state index in [0.29, 0.717) is 0 Å². The highest BCUT2D eigenvalue weighted by molar-refractivity contribution is 7.26. The van der Waals surface area contributed by atoms with Gasteiger partial charge in [0.1, 0.15) is 0 Å². The number of fused-ring (bicyclic) bond motifs is 11. The van der Waals surface area contributed by atoms with Gasteiger partial charge in [0.2, 0.25) is 0 Å². The first-order valence-corrected chi connectivity index (χ1v) is 22.8. The van der Waals surface area contributed by atoms with E-state index in [1.807, 2.05) is 11.3 Å². The topological polar surface area (TPSA) is 6.48 Å². The van der Waals surface area contributed by atoms with Crippen molar-refractivity contribution in [3.8, 4) is 33.4 Å². The van der Waals surface area contributed by atoms with E-state index in [9.17, 15) is 0 Å². The van der Waals surface area contributed by atoms with Gasteiger partial charge in [-0.1, -0.05) is 182 Å². The zero-order chi connectivity index (χ0) is 42.2. The van der Waals surface area contributed by atoms with E-state index in [2.05, 4.69) is 252 Å². The van der Waals surface area contributed by atoms with E-state index in [1.54, 1.807) is 0 Å². The average Bonchev–Trinajstić information content (AvgIpc) is 3.76. The number of hydrogen-bond donors (Lipinski definition) is 0. The molecule has 0 aliphatic carbocycles. The normalized spacial score (nSPS) is 13.4. The van der Waals surface area contributed by atoms with Crippen LogP contribution in [0.4, 0.5) is 34.1 Å². The molecule has 2 aliphatic rings. The van der Waals surface area contributed by atoms with Gasteiger partial charge in [0.05, 0.1) is 28.2 Å². The summed E-state index contributed by atoms with van der Waals surface area (Å²) < 4.78 is 2.65. The first-order chi connectivity index (χ1) is 31.8. The standard InChI is InChI=1S/C61H40N2S/c1-3-16-41(17-4-1)43-30-35-46(36-31-43)63-57-28-13-10-25-53(57)61(54-40-45(34-39-58(54)63)42-18-5-2-6-19-42)51-23-8-11-26-55(51)62(56-27-12-9-24-52(56)61)47-37-32-44(33-38-47)48-21-15-22-50-49-20-7-14-29-59(49)64-60(48)50/h1-40H. The molecule has 10 aromatic carbocycles. The van der Waals surface area contributed by atoms with Gasteiger partial charge in [0, 0.05) is 31.5 Å². The van der Waals surface area contributed by atoms with Gasteiger partial charge in [-0.25, -0.2) is 0 Å². The summed E-state index contributed by atoms with van der Waals surface area (Å²) in [6.07, 6.45) is 0. The second-order valence-corrected chi connectivity index (χ2v) is 17.9. The third-order valence-electron chi connectivity index (χ3n) is 13.5. The lowest BCUT2D eigenvalue weighted by Gasteiger charge is -2.51. The highest BCUT2D eigenvalue weighted by Crippen LogP contribution is 2.64. The van der Waals surface area contributed by atoms with Gasteiger partial charge in [0.15, 0.2) is 0 Å². The molecule has 13 rings (SSSR count). The van der Waals surface area contributed by atoms with Crippen molar-refractivity contribution >= 4 is 65.6 Å². The van der Waals surface area contributed by atoms with E-state index >= 15 is 0 Å². The lowest BCUT2D eigenvalue weighted by molar-refractivity contribution is 0.719. The second kappa shape index (κ2) is 14.6. The minimum atomic E-state index is -0.641. The Hall–Kier alpha value is -7.98. The zero-order valence-corrected chi connectivity index (χ0v) is 35.7. The van der Waals surface area contributed by atoms with Crippen LogP contribution in [0.5, 0.6) is 0 Å². The van der Waals surface area contributed by atoms with Crippen LogP contribution in [0.25, 0.3) is 53.6 Å². The Morgan fingerprint density at radius 3 is 1.33 bits per heavy atom. The minimum absolute atomic E-state index is 0.641. The van der Waals surface area contributed by atoms with E-state index in [0.717, 1.165) is 11.4 Å². The van der Waals surface area contributed by atoms with Crippen LogP contribution in [-0.2, 0) is 5.41 Å². The van der Waals surface area contributed by atoms with Crippen LogP contribution in [0.3, 0.4) is 0 Å². The summed E-state index contributed by atoms with van der Waals surface area (Å²) in [6, 6.07) is 89.7. The summed E-state index contributed by atoms with van der Waals surface area (Å²) in [5.74, 6) is 0. The van der Waals surface area contributed by atoms with Crippen molar-refractivity contribution in [3.63, 3.8) is 0 Å². The molecule has 3 heteroatoms. The Labute approximate surface area is 377 Å². The molecular weight excluding hydrogens is 793 g/mol. The maximum absolute atomic E-state index is 2.48. The third kappa shape index (κ3) is 5.44. The molecule has 2 nitrogen and oxygen atoms in total. The molecule has 0 bridgehead atoms. The Kier molecular flexibility index (Phi) is 8.34. The van der Waals surface area contributed by atoms with Gasteiger partial charge >= 0.3 is 0 Å². The highest BCUT2D eigenvalue weighted by atomic mass is 32.1. The molecule has 0 atom stereocenters. The quantitative estimate of drug-likeness (QED) is 0.170. The van der Waals surface area contributed by atoms with Gasteiger partial charge in [0.25, 0.3) is 0 Å². The molecule has 0 unspecified atom stereocenters. The van der Waals surface area contributed by atoms with Crippen molar-refractivity contribution < 1.29 is 0 Å². The van der Waals surface area contributed by atoms with E-state index in [4.69, 9.17) is 0 Å². The number of rotatable bonds is 5. The molecular formula is C61H40N2S. The van der Waals surface area contributed by atoms with Crippen molar-refractivity contribution in [1.29, 1.82) is 0 Å². The maximum atomic E-state index is 2.48. The molecule has 1 spiro atoms. The average molecular weight is 833 g/mol. The predicted molar refractivity (Wildman–Crippen MR) is 270 cm³/mol. The van der Waals surface area contributed by atoms with Crippen molar-refractivity contribution in [3.05, 3.63) is 265 Å². The molecule has 300 valence electrons. The molecule has 0 N–H and O–H groups in total. The number of thiophene rings is 1. The van der Waals surface area contributed by atoms with E-state index < -0.39 is 5.41 Å². The van der Waals surface area contributed by atoms with Crippen LogP contribution >= 0.6 is 11.3 Å². The van der Waals surface area contributed by atoms with Crippen molar-refractivity contribution in [2.45, 2.75) is 5.41 Å². The molecule has 2 aliphatic heterocycles. The molecule has 0 radical (unpaired) electrons. The first-order valence-electron chi connectivity index (χ1n) is 22.0. The van der Waals surface area contributed by atoms with Crippen LogP contribution in [0.15, 0.2) is 243 Å². The van der Waals surface area contributed by atoms with E-state index in [-0.39, 0.29) is 0 Å². The molecule has 0 amide bonds. The van der Waals surface area contributed by atoms with Crippen LogP contribution in [0.2, 0.25) is 0 Å². The molecule has 11 aromatic rings. The Bertz CT molecular complexity index is 3510. The Morgan fingerprint density at radius 1 is 0.297 bits per heavy atom. The summed E-state index contributed by atoms with van der Waals surface area (Å²) >= 11 is 1.88. The molecule has 64 heavy (non-hydrogen) atoms. The van der Waals surface area contributed by atoms with Gasteiger partial charge in [-0.2, -0.15) is 0 Å². The summed E-state index contributed by atoms with van der Waals surface area (Å²) in [7, 11) is 0. The van der Waals surface area contributed by atoms with Crippen molar-refractivity contribution in [2.24, 2.45) is 0 Å². The van der Waals surface area contributed by atoms with Crippen LogP contribution < -0.4 is 9.80 Å². The number of hydrogen-bond acceptors (Lipinski definition) is 3. The summed E-state index contributed by atoms with van der Waals surface area (Å²) in [4.78, 5) is 4.96. The van der Waals surface area contributed by atoms with Crippen LogP contribution in [-0.4, -0.2) is 0 Å². The smallest absolute Gasteiger partial charge is 0.0783 e. The van der Waals surface area contributed by atoms with Gasteiger partial charge in [-0.15, -0.1) is 11.3 Å². The van der Waals surface area contributed by atoms with Crippen molar-refractivity contribution in [1.82, 2.24) is 0 Å². The molecule has 0 saturated carbocycles. The fourth-order valence-electron chi connectivity index (χ4n) is 10.7. The SMILES string of the molecule is c1ccc(-c2ccc(N3c4ccccc4C4(c5ccccc5N(c5ccc(-c6cccc7c6sc6ccccc67)cc5)c5ccccc54)c4cc(-c5ccccc5)ccc43)cc2)cc1. The number of anilines is 6. The Balaban J connectivity index is 1.02. The fourth-order valence-corrected chi connectivity index (χ4v) is 11.9. The largest absolute Gasteiger partial charge is 0.310 e. The highest BCUT2D eigenvalue weighted by Gasteiger charge is 2.52. The molecule has 3 heterocycles. The number of benzene rings is 10. The van der Waals surface area contributed by atoms with Gasteiger partial charge < -0.3 is 9.80 Å². The molecule has 0 saturated heterocycles. The zero-order valence-electron chi connectivity index (χ0n) is 34.9. The summed E-state index contributed by atoms with van der Waals surface area (Å²) in [5, 5.41) is 2.64. The molecule has 1 aromatic heterocycles.